The summed E-state index contributed by atoms with van der Waals surface area (Å²) < 4.78 is 24.4. The number of nitrogens with zero attached hydrogens (tertiary/aromatic N) is 1. The van der Waals surface area contributed by atoms with E-state index in [0.717, 1.165) is 25.7 Å². The lowest BCUT2D eigenvalue weighted by molar-refractivity contribution is -0.140. The molecule has 1 atom stereocenters. The van der Waals surface area contributed by atoms with Gasteiger partial charge in [-0.15, -0.1) is 11.6 Å². The zero-order valence-corrected chi connectivity index (χ0v) is 20.6. The van der Waals surface area contributed by atoms with Crippen molar-refractivity contribution in [1.82, 2.24) is 10.2 Å². The molecule has 1 fully saturated rings. The summed E-state index contributed by atoms with van der Waals surface area (Å²) >= 11 is 5.98. The first kappa shape index (κ1) is 25.8. The highest BCUT2D eigenvalue weighted by Crippen LogP contribution is 2.35. The van der Waals surface area contributed by atoms with Gasteiger partial charge in [0.25, 0.3) is 0 Å². The molecule has 34 heavy (non-hydrogen) atoms. The van der Waals surface area contributed by atoms with E-state index in [4.69, 9.17) is 21.1 Å². The van der Waals surface area contributed by atoms with Gasteiger partial charge in [0, 0.05) is 18.2 Å². The van der Waals surface area contributed by atoms with Crippen LogP contribution in [0.4, 0.5) is 4.39 Å². The molecular weight excluding hydrogens is 459 g/mol. The Morgan fingerprint density at radius 2 is 1.76 bits per heavy atom. The van der Waals surface area contributed by atoms with Crippen LogP contribution >= 0.6 is 11.6 Å². The minimum Gasteiger partial charge on any atom is -0.497 e. The van der Waals surface area contributed by atoms with Gasteiger partial charge in [-0.1, -0.05) is 19.1 Å². The minimum absolute atomic E-state index is 0.0292. The Hall–Kier alpha value is -2.80. The third-order valence-electron chi connectivity index (χ3n) is 6.35. The molecule has 8 heteroatoms. The summed E-state index contributed by atoms with van der Waals surface area (Å²) in [6.45, 7) is 2.29. The van der Waals surface area contributed by atoms with Gasteiger partial charge in [0.2, 0.25) is 11.8 Å². The number of carbonyl (C=O) groups excluding carboxylic acids is 2. The summed E-state index contributed by atoms with van der Waals surface area (Å²) in [5.41, 5.74) is 1.16. The monoisotopic (exact) mass is 490 g/mol. The number of halogens is 2. The third kappa shape index (κ3) is 6.41. The van der Waals surface area contributed by atoms with Crippen LogP contribution in [0.2, 0.25) is 0 Å². The van der Waals surface area contributed by atoms with Crippen molar-refractivity contribution in [3.05, 3.63) is 59.4 Å². The predicted molar refractivity (Wildman–Crippen MR) is 130 cm³/mol. The summed E-state index contributed by atoms with van der Waals surface area (Å²) in [5, 5.41) is 3.15. The van der Waals surface area contributed by atoms with Gasteiger partial charge in [-0.25, -0.2) is 4.39 Å². The van der Waals surface area contributed by atoms with Crippen molar-refractivity contribution in [1.29, 1.82) is 0 Å². The normalized spacial score (nSPS) is 18.6. The van der Waals surface area contributed by atoms with Crippen molar-refractivity contribution >= 4 is 23.4 Å². The fourth-order valence-electron chi connectivity index (χ4n) is 4.38. The molecule has 0 spiro atoms. The maximum atomic E-state index is 13.8. The fourth-order valence-corrected chi connectivity index (χ4v) is 4.53. The maximum Gasteiger partial charge on any atom is 0.247 e. The van der Waals surface area contributed by atoms with Crippen LogP contribution in [0.5, 0.6) is 11.5 Å². The molecule has 0 aliphatic heterocycles. The summed E-state index contributed by atoms with van der Waals surface area (Å²) in [5.74, 6) is 0.187. The van der Waals surface area contributed by atoms with Crippen LogP contribution in [0.1, 0.15) is 49.8 Å². The van der Waals surface area contributed by atoms with E-state index >= 15 is 0 Å². The number of nitrogens with one attached hydrogen (secondary N) is 1. The van der Waals surface area contributed by atoms with E-state index in [-0.39, 0.29) is 30.2 Å². The summed E-state index contributed by atoms with van der Waals surface area (Å²) in [4.78, 5) is 28.2. The zero-order valence-electron chi connectivity index (χ0n) is 19.9. The van der Waals surface area contributed by atoms with Gasteiger partial charge in [0.05, 0.1) is 14.2 Å². The fraction of sp³-hybridized carbons (Fsp3) is 0.462. The second-order valence-electron chi connectivity index (χ2n) is 8.76. The SMILES string of the molecule is COc1ccc(OC)c([C@@H](C(=O)NC2CCC(C)CC2)N(Cc2ccc(F)cc2)C(=O)CCl)c1. The quantitative estimate of drug-likeness (QED) is 0.510. The van der Waals surface area contributed by atoms with Gasteiger partial charge < -0.3 is 19.7 Å². The Morgan fingerprint density at radius 3 is 2.35 bits per heavy atom. The molecule has 0 radical (unpaired) electrons. The Labute approximate surface area is 205 Å². The highest BCUT2D eigenvalue weighted by atomic mass is 35.5. The number of amides is 2. The van der Waals surface area contributed by atoms with Crippen LogP contribution in [0.3, 0.4) is 0 Å². The van der Waals surface area contributed by atoms with Crippen LogP contribution in [0.15, 0.2) is 42.5 Å². The molecule has 1 N–H and O–H groups in total. The van der Waals surface area contributed by atoms with Gasteiger partial charge in [-0.2, -0.15) is 0 Å². The van der Waals surface area contributed by atoms with Gasteiger partial charge in [0.1, 0.15) is 29.2 Å². The standard InChI is InChI=1S/C26H32ClFN2O4/c1-17-4-10-20(11-5-17)29-26(32)25(22-14-21(33-2)12-13-23(22)34-3)30(24(31)15-27)16-18-6-8-19(28)9-7-18/h6-9,12-14,17,20,25H,4-5,10-11,15-16H2,1-3H3,(H,29,32)/t17?,20?,25-/m0/s1. The molecule has 0 bridgehead atoms. The number of rotatable bonds is 9. The van der Waals surface area contributed by atoms with Crippen molar-refractivity contribution in [3.8, 4) is 11.5 Å². The molecular formula is C26H32ClFN2O4. The van der Waals surface area contributed by atoms with Gasteiger partial charge >= 0.3 is 0 Å². The number of methoxy groups -OCH3 is 2. The molecule has 2 aromatic carbocycles. The molecule has 1 aliphatic carbocycles. The summed E-state index contributed by atoms with van der Waals surface area (Å²) in [6.07, 6.45) is 3.85. The topological polar surface area (TPSA) is 67.9 Å². The van der Waals surface area contributed by atoms with Crippen LogP contribution in [-0.4, -0.2) is 42.9 Å². The Balaban J connectivity index is 2.03. The van der Waals surface area contributed by atoms with Gasteiger partial charge in [-0.3, -0.25) is 9.59 Å². The van der Waals surface area contributed by atoms with E-state index in [1.807, 2.05) is 0 Å². The number of hydrogen-bond acceptors (Lipinski definition) is 4. The molecule has 0 aromatic heterocycles. The van der Waals surface area contributed by atoms with Crippen LogP contribution in [0, 0.1) is 11.7 Å². The molecule has 184 valence electrons. The van der Waals surface area contributed by atoms with E-state index in [1.54, 1.807) is 30.3 Å². The lowest BCUT2D eigenvalue weighted by Crippen LogP contribution is -2.47. The molecule has 6 nitrogen and oxygen atoms in total. The maximum absolute atomic E-state index is 13.8. The number of ether oxygens (including phenoxy) is 2. The second kappa shape index (κ2) is 12.1. The van der Waals surface area contributed by atoms with E-state index in [0.29, 0.717) is 28.5 Å². The molecule has 1 saturated carbocycles. The van der Waals surface area contributed by atoms with E-state index in [1.165, 1.54) is 31.3 Å². The van der Waals surface area contributed by atoms with Crippen molar-refractivity contribution < 1.29 is 23.5 Å². The number of alkyl halides is 1. The first-order chi connectivity index (χ1) is 16.4. The lowest BCUT2D eigenvalue weighted by Gasteiger charge is -2.34. The molecule has 0 saturated heterocycles. The molecule has 0 heterocycles. The number of carbonyl (C=O) groups is 2. The van der Waals surface area contributed by atoms with Crippen LogP contribution in [0.25, 0.3) is 0 Å². The van der Waals surface area contributed by atoms with Gasteiger partial charge in [0.15, 0.2) is 0 Å². The third-order valence-corrected chi connectivity index (χ3v) is 6.58. The molecule has 1 aliphatic rings. The van der Waals surface area contributed by atoms with Crippen molar-refractivity contribution in [2.45, 2.75) is 51.2 Å². The second-order valence-corrected chi connectivity index (χ2v) is 9.02. The van der Waals surface area contributed by atoms with Crippen molar-refractivity contribution in [3.63, 3.8) is 0 Å². The molecule has 0 unspecified atom stereocenters. The highest BCUT2D eigenvalue weighted by molar-refractivity contribution is 6.27. The van der Waals surface area contributed by atoms with E-state index in [9.17, 15) is 14.0 Å². The van der Waals surface area contributed by atoms with Crippen molar-refractivity contribution in [2.75, 3.05) is 20.1 Å². The van der Waals surface area contributed by atoms with Crippen LogP contribution < -0.4 is 14.8 Å². The summed E-state index contributed by atoms with van der Waals surface area (Å²) in [7, 11) is 3.04. The Morgan fingerprint density at radius 1 is 1.09 bits per heavy atom. The average molecular weight is 491 g/mol. The molecule has 2 amide bonds. The smallest absolute Gasteiger partial charge is 0.247 e. The van der Waals surface area contributed by atoms with Gasteiger partial charge in [-0.05, 0) is 67.5 Å². The predicted octanol–water partition coefficient (Wildman–Crippen LogP) is 4.85. The van der Waals surface area contributed by atoms with E-state index < -0.39 is 11.9 Å². The number of hydrogen-bond donors (Lipinski definition) is 1. The minimum atomic E-state index is -1.01. The first-order valence-electron chi connectivity index (χ1n) is 11.5. The van der Waals surface area contributed by atoms with Crippen LogP contribution in [-0.2, 0) is 16.1 Å². The molecule has 3 rings (SSSR count). The van der Waals surface area contributed by atoms with E-state index in [2.05, 4.69) is 12.2 Å². The largest absolute Gasteiger partial charge is 0.497 e. The van der Waals surface area contributed by atoms with Crippen molar-refractivity contribution in [2.24, 2.45) is 5.92 Å². The number of benzene rings is 2. The molecule has 2 aromatic rings. The summed E-state index contributed by atoms with van der Waals surface area (Å²) in [6, 6.07) is 9.97. The first-order valence-corrected chi connectivity index (χ1v) is 12.0. The lowest BCUT2D eigenvalue weighted by atomic mass is 9.87. The zero-order chi connectivity index (χ0) is 24.7. The Bertz CT molecular complexity index is 977. The Kier molecular flexibility index (Phi) is 9.16. The average Bonchev–Trinajstić information content (AvgIpc) is 2.85. The highest BCUT2D eigenvalue weighted by Gasteiger charge is 2.35.